The van der Waals surface area contributed by atoms with Crippen LogP contribution in [-0.2, 0) is 4.79 Å². The molecule has 6 heteroatoms. The number of aliphatic hydroxyl groups is 4. The van der Waals surface area contributed by atoms with Crippen LogP contribution in [0.3, 0.4) is 0 Å². The van der Waals surface area contributed by atoms with Crippen molar-refractivity contribution >= 4 is 5.91 Å². The summed E-state index contributed by atoms with van der Waals surface area (Å²) in [6.45, 7) is 4.10. The summed E-state index contributed by atoms with van der Waals surface area (Å²) in [5.74, 6) is -0.592. The molecule has 5 N–H and O–H groups in total. The number of carbonyl (C=O) groups excluding carboxylic acids is 1. The van der Waals surface area contributed by atoms with Crippen LogP contribution < -0.4 is 5.32 Å². The van der Waals surface area contributed by atoms with Gasteiger partial charge < -0.3 is 25.7 Å². The van der Waals surface area contributed by atoms with Crippen molar-refractivity contribution in [1.29, 1.82) is 0 Å². The first-order chi connectivity index (χ1) is 39.0. The molecule has 0 rings (SSSR count). The molecule has 0 bridgehead atoms. The van der Waals surface area contributed by atoms with Crippen molar-refractivity contribution in [3.63, 3.8) is 0 Å². The number of hydrogen-bond acceptors (Lipinski definition) is 5. The predicted octanol–water partition coefficient (Wildman–Crippen LogP) is 22.3. The number of allylic oxidation sites excluding steroid dienone is 6. The second-order valence-electron chi connectivity index (χ2n) is 24.9. The highest BCUT2D eigenvalue weighted by atomic mass is 16.3. The van der Waals surface area contributed by atoms with Crippen LogP contribution in [0.15, 0.2) is 36.5 Å². The molecule has 0 aromatic carbocycles. The lowest BCUT2D eigenvalue weighted by Crippen LogP contribution is -2.53. The van der Waals surface area contributed by atoms with E-state index in [2.05, 4.69) is 55.6 Å². The van der Waals surface area contributed by atoms with Gasteiger partial charge in [0, 0.05) is 0 Å². The van der Waals surface area contributed by atoms with Crippen LogP contribution in [0.5, 0.6) is 0 Å². The van der Waals surface area contributed by atoms with Gasteiger partial charge in [0.15, 0.2) is 0 Å². The van der Waals surface area contributed by atoms with Gasteiger partial charge in [-0.25, -0.2) is 0 Å². The minimum atomic E-state index is -1.29. The lowest BCUT2D eigenvalue weighted by molar-refractivity contribution is -0.132. The molecule has 0 fully saturated rings. The number of rotatable bonds is 67. The molecule has 0 spiro atoms. The molecule has 79 heavy (non-hydrogen) atoms. The van der Waals surface area contributed by atoms with Crippen LogP contribution in [0.1, 0.15) is 393 Å². The van der Waals surface area contributed by atoms with Crippen LogP contribution in [-0.4, -0.2) is 57.3 Å². The van der Waals surface area contributed by atoms with Gasteiger partial charge in [0.25, 0.3) is 0 Å². The Bertz CT molecular complexity index is 1250. The fourth-order valence-corrected chi connectivity index (χ4v) is 11.5. The minimum absolute atomic E-state index is 0.362. The van der Waals surface area contributed by atoms with Crippen molar-refractivity contribution in [2.75, 3.05) is 6.61 Å². The average molecular weight is 1110 g/mol. The molecule has 1 amide bonds. The molecule has 0 aliphatic carbocycles. The molecule has 0 radical (unpaired) electrons. The van der Waals surface area contributed by atoms with Gasteiger partial charge in [0.2, 0.25) is 5.91 Å². The SMILES string of the molecule is CCCCCCCCCCCCCCCCCCCCC/C=C/CC/C=C/CC/C=C/CCCC(O)C(O)C(CO)NC(=O)C(O)CCCCCCCCCCCCCCCCCCCCCCCCCCCCCCCCC. The van der Waals surface area contributed by atoms with Crippen molar-refractivity contribution in [2.24, 2.45) is 0 Å². The van der Waals surface area contributed by atoms with Crippen molar-refractivity contribution in [3.8, 4) is 0 Å². The Hall–Kier alpha value is -1.47. The fourth-order valence-electron chi connectivity index (χ4n) is 11.5. The first kappa shape index (κ1) is 77.5. The van der Waals surface area contributed by atoms with Crippen LogP contribution in [0, 0.1) is 0 Å². The number of hydrogen-bond donors (Lipinski definition) is 5. The minimum Gasteiger partial charge on any atom is -0.394 e. The highest BCUT2D eigenvalue weighted by Gasteiger charge is 2.28. The van der Waals surface area contributed by atoms with Gasteiger partial charge in [-0.3, -0.25) is 4.79 Å². The molecular formula is C73H141NO5. The molecule has 0 heterocycles. The summed E-state index contributed by atoms with van der Waals surface area (Å²) in [6, 6.07) is -1.01. The van der Waals surface area contributed by atoms with E-state index in [0.29, 0.717) is 19.3 Å². The number of unbranched alkanes of at least 4 members (excludes halogenated alkanes) is 52. The smallest absolute Gasteiger partial charge is 0.249 e. The van der Waals surface area contributed by atoms with Crippen LogP contribution in [0.4, 0.5) is 0 Å². The summed E-state index contributed by atoms with van der Waals surface area (Å²) < 4.78 is 0. The van der Waals surface area contributed by atoms with Gasteiger partial charge in [0.1, 0.15) is 12.2 Å². The summed E-state index contributed by atoms with van der Waals surface area (Å²) in [6.07, 6.45) is 87.2. The number of carbonyl (C=O) groups is 1. The zero-order valence-electron chi connectivity index (χ0n) is 53.4. The second-order valence-corrected chi connectivity index (χ2v) is 24.9. The van der Waals surface area contributed by atoms with E-state index in [0.717, 1.165) is 51.4 Å². The molecule has 0 aromatic rings. The normalized spacial score (nSPS) is 13.6. The number of aliphatic hydroxyl groups excluding tert-OH is 4. The van der Waals surface area contributed by atoms with Gasteiger partial charge in [-0.05, 0) is 64.2 Å². The third kappa shape index (κ3) is 60.9. The first-order valence-electron chi connectivity index (χ1n) is 35.9. The maximum Gasteiger partial charge on any atom is 0.249 e. The Morgan fingerprint density at radius 1 is 0.304 bits per heavy atom. The van der Waals surface area contributed by atoms with Crippen molar-refractivity contribution < 1.29 is 25.2 Å². The Labute approximate surface area is 494 Å². The maximum atomic E-state index is 12.7. The third-order valence-electron chi connectivity index (χ3n) is 17.1. The lowest BCUT2D eigenvalue weighted by atomic mass is 10.00. The quantitative estimate of drug-likeness (QED) is 0.0308. The molecule has 4 unspecified atom stereocenters. The Balaban J connectivity index is 3.59. The van der Waals surface area contributed by atoms with E-state index < -0.39 is 36.9 Å². The van der Waals surface area contributed by atoms with E-state index in [1.807, 2.05) is 0 Å². The summed E-state index contributed by atoms with van der Waals surface area (Å²) in [5, 5.41) is 44.2. The standard InChI is InChI=1S/C73H141NO5/c1-3-5-7-9-11-13-15-17-19-21-23-25-27-29-31-33-35-37-38-40-42-44-46-48-50-52-54-56-58-60-62-64-66-70(76)72(78)69(68-75)74-73(79)71(77)67-65-63-61-59-57-55-53-51-49-47-45-43-41-39-36-34-32-30-28-26-24-22-20-18-16-14-12-10-8-6-4-2/h42,44,50,52,58,60,69-72,75-78H,3-41,43,45-49,51,53-57,59,61-68H2,1-2H3,(H,74,79)/b44-42+,52-50+,60-58+. The molecular weight excluding hydrogens is 971 g/mol. The second kappa shape index (κ2) is 67.3. The molecule has 4 atom stereocenters. The zero-order valence-corrected chi connectivity index (χ0v) is 53.4. The monoisotopic (exact) mass is 1110 g/mol. The largest absolute Gasteiger partial charge is 0.394 e. The molecule has 468 valence electrons. The first-order valence-corrected chi connectivity index (χ1v) is 35.9. The molecule has 0 saturated carbocycles. The van der Waals surface area contributed by atoms with E-state index in [9.17, 15) is 25.2 Å². The Morgan fingerprint density at radius 2 is 0.532 bits per heavy atom. The van der Waals surface area contributed by atoms with E-state index in [-0.39, 0.29) is 0 Å². The third-order valence-corrected chi connectivity index (χ3v) is 17.1. The highest BCUT2D eigenvalue weighted by Crippen LogP contribution is 2.19. The average Bonchev–Trinajstić information content (AvgIpc) is 3.45. The summed E-state index contributed by atoms with van der Waals surface area (Å²) >= 11 is 0. The van der Waals surface area contributed by atoms with Gasteiger partial charge in [-0.15, -0.1) is 0 Å². The topological polar surface area (TPSA) is 110 Å². The lowest BCUT2D eigenvalue weighted by Gasteiger charge is -2.27. The molecule has 0 aliphatic heterocycles. The van der Waals surface area contributed by atoms with Crippen molar-refractivity contribution in [3.05, 3.63) is 36.5 Å². The Kier molecular flexibility index (Phi) is 66.1. The molecule has 6 nitrogen and oxygen atoms in total. The zero-order chi connectivity index (χ0) is 57.3. The summed E-state index contributed by atoms with van der Waals surface area (Å²) in [7, 11) is 0. The van der Waals surface area contributed by atoms with Gasteiger partial charge in [-0.1, -0.05) is 365 Å². The van der Waals surface area contributed by atoms with Crippen LogP contribution in [0.25, 0.3) is 0 Å². The number of nitrogens with one attached hydrogen (secondary N) is 1. The van der Waals surface area contributed by atoms with Gasteiger partial charge in [0.05, 0.1) is 18.8 Å². The molecule has 0 aromatic heterocycles. The van der Waals surface area contributed by atoms with Crippen molar-refractivity contribution in [1.82, 2.24) is 5.32 Å². The maximum absolute atomic E-state index is 12.7. The van der Waals surface area contributed by atoms with Gasteiger partial charge in [-0.2, -0.15) is 0 Å². The predicted molar refractivity (Wildman–Crippen MR) is 348 cm³/mol. The van der Waals surface area contributed by atoms with E-state index in [1.165, 1.54) is 308 Å². The van der Waals surface area contributed by atoms with Crippen LogP contribution >= 0.6 is 0 Å². The Morgan fingerprint density at radius 3 is 0.797 bits per heavy atom. The summed E-state index contributed by atoms with van der Waals surface area (Å²) in [4.78, 5) is 12.7. The molecule has 0 aliphatic rings. The van der Waals surface area contributed by atoms with Crippen LogP contribution in [0.2, 0.25) is 0 Å². The summed E-state index contributed by atoms with van der Waals surface area (Å²) in [5.41, 5.74) is 0. The molecule has 0 saturated heterocycles. The number of amides is 1. The van der Waals surface area contributed by atoms with E-state index in [1.54, 1.807) is 0 Å². The van der Waals surface area contributed by atoms with Crippen molar-refractivity contribution in [2.45, 2.75) is 417 Å². The van der Waals surface area contributed by atoms with E-state index >= 15 is 0 Å². The highest BCUT2D eigenvalue weighted by molar-refractivity contribution is 5.80. The van der Waals surface area contributed by atoms with E-state index in [4.69, 9.17) is 0 Å². The fraction of sp³-hybridized carbons (Fsp3) is 0.904. The van der Waals surface area contributed by atoms with Gasteiger partial charge >= 0.3 is 0 Å².